The molecular weight excluding hydrogens is 334 g/mol. The SMILES string of the molecule is Cc1ccc(-c2ccc(C=NNC(=O)c3ccc(N([O-])O)cc3)o2)cc1. The number of anilines is 1. The molecule has 0 bridgehead atoms. The average Bonchev–Trinajstić information content (AvgIpc) is 3.11. The summed E-state index contributed by atoms with van der Waals surface area (Å²) >= 11 is 0. The number of hydrazone groups is 1. The lowest BCUT2D eigenvalue weighted by molar-refractivity contribution is 0.0955. The summed E-state index contributed by atoms with van der Waals surface area (Å²) in [5, 5.41) is 23.1. The second kappa shape index (κ2) is 7.64. The Hall–Kier alpha value is -3.42. The third-order valence-corrected chi connectivity index (χ3v) is 3.67. The van der Waals surface area contributed by atoms with Gasteiger partial charge in [0.15, 0.2) is 0 Å². The highest BCUT2D eigenvalue weighted by atomic mass is 16.8. The minimum absolute atomic E-state index is 0.0317. The third-order valence-electron chi connectivity index (χ3n) is 3.67. The van der Waals surface area contributed by atoms with E-state index in [1.807, 2.05) is 37.3 Å². The summed E-state index contributed by atoms with van der Waals surface area (Å²) in [6.45, 7) is 2.01. The normalized spacial score (nSPS) is 10.9. The van der Waals surface area contributed by atoms with Gasteiger partial charge in [-0.1, -0.05) is 29.8 Å². The van der Waals surface area contributed by atoms with Crippen LogP contribution < -0.4 is 10.7 Å². The number of hydrogen-bond donors (Lipinski definition) is 2. The lowest BCUT2D eigenvalue weighted by Crippen LogP contribution is -2.17. The Kier molecular flexibility index (Phi) is 5.12. The molecule has 0 spiro atoms. The van der Waals surface area contributed by atoms with Crippen molar-refractivity contribution in [2.24, 2.45) is 5.10 Å². The van der Waals surface area contributed by atoms with E-state index in [0.717, 1.165) is 5.56 Å². The Morgan fingerprint density at radius 3 is 2.46 bits per heavy atom. The summed E-state index contributed by atoms with van der Waals surface area (Å²) in [6, 6.07) is 17.0. The van der Waals surface area contributed by atoms with Crippen LogP contribution in [0.2, 0.25) is 0 Å². The molecule has 2 aromatic carbocycles. The Bertz CT molecular complexity index is 913. The van der Waals surface area contributed by atoms with Crippen molar-refractivity contribution < 1.29 is 14.4 Å². The number of rotatable bonds is 5. The second-order valence-corrected chi connectivity index (χ2v) is 5.59. The summed E-state index contributed by atoms with van der Waals surface area (Å²) in [5.41, 5.74) is 4.82. The maximum absolute atomic E-state index is 12.0. The first-order valence-electron chi connectivity index (χ1n) is 7.79. The minimum atomic E-state index is -0.450. The van der Waals surface area contributed by atoms with Crippen LogP contribution in [0.3, 0.4) is 0 Å². The van der Waals surface area contributed by atoms with E-state index in [2.05, 4.69) is 10.5 Å². The van der Waals surface area contributed by atoms with Crippen molar-refractivity contribution >= 4 is 17.8 Å². The van der Waals surface area contributed by atoms with Crippen molar-refractivity contribution in [2.75, 3.05) is 5.23 Å². The standard InChI is InChI=1S/C19H16N3O4/c1-13-2-4-14(5-3-13)18-11-10-17(26-18)12-20-21-19(23)15-6-8-16(9-7-15)22(24)25/h2-12,24H,1H3,(H,21,23)/q-1. The van der Waals surface area contributed by atoms with Gasteiger partial charge in [0.1, 0.15) is 11.5 Å². The Labute approximate surface area is 149 Å². The van der Waals surface area contributed by atoms with Crippen LogP contribution in [0.1, 0.15) is 21.7 Å². The van der Waals surface area contributed by atoms with Crippen molar-refractivity contribution in [1.29, 1.82) is 0 Å². The molecule has 3 aromatic rings. The highest BCUT2D eigenvalue weighted by molar-refractivity contribution is 5.95. The molecule has 0 aliphatic rings. The molecule has 0 radical (unpaired) electrons. The zero-order valence-electron chi connectivity index (χ0n) is 13.9. The van der Waals surface area contributed by atoms with E-state index >= 15 is 0 Å². The predicted molar refractivity (Wildman–Crippen MR) is 98.0 cm³/mol. The number of carbonyl (C=O) groups excluding carboxylic acids is 1. The summed E-state index contributed by atoms with van der Waals surface area (Å²) in [5.74, 6) is 0.756. The first kappa shape index (κ1) is 17.4. The molecule has 0 aliphatic carbocycles. The quantitative estimate of drug-likeness (QED) is 0.539. The lowest BCUT2D eigenvalue weighted by atomic mass is 10.1. The average molecular weight is 350 g/mol. The molecular formula is C19H16N3O4-. The highest BCUT2D eigenvalue weighted by Gasteiger charge is 2.05. The molecule has 132 valence electrons. The molecule has 26 heavy (non-hydrogen) atoms. The van der Waals surface area contributed by atoms with Crippen LogP contribution in [-0.2, 0) is 0 Å². The molecule has 3 rings (SSSR count). The maximum Gasteiger partial charge on any atom is 0.271 e. The van der Waals surface area contributed by atoms with Gasteiger partial charge in [-0.05, 0) is 43.3 Å². The molecule has 0 unspecified atom stereocenters. The highest BCUT2D eigenvalue weighted by Crippen LogP contribution is 2.21. The van der Waals surface area contributed by atoms with Gasteiger partial charge in [0.25, 0.3) is 5.91 Å². The fourth-order valence-electron chi connectivity index (χ4n) is 2.25. The van der Waals surface area contributed by atoms with E-state index in [1.54, 1.807) is 6.07 Å². The Morgan fingerprint density at radius 1 is 1.12 bits per heavy atom. The zero-order valence-corrected chi connectivity index (χ0v) is 13.9. The molecule has 0 saturated carbocycles. The van der Waals surface area contributed by atoms with Crippen molar-refractivity contribution in [1.82, 2.24) is 5.43 Å². The van der Waals surface area contributed by atoms with E-state index < -0.39 is 5.91 Å². The van der Waals surface area contributed by atoms with Crippen molar-refractivity contribution in [3.8, 4) is 11.3 Å². The van der Waals surface area contributed by atoms with Gasteiger partial charge in [-0.2, -0.15) is 5.10 Å². The second-order valence-electron chi connectivity index (χ2n) is 5.59. The van der Waals surface area contributed by atoms with Gasteiger partial charge in [-0.15, -0.1) is 0 Å². The number of carbonyl (C=O) groups is 1. The smallest absolute Gasteiger partial charge is 0.271 e. The summed E-state index contributed by atoms with van der Waals surface area (Å²) in [4.78, 5) is 12.0. The molecule has 1 aromatic heterocycles. The first-order valence-corrected chi connectivity index (χ1v) is 7.79. The molecule has 7 nitrogen and oxygen atoms in total. The maximum atomic E-state index is 12.0. The largest absolute Gasteiger partial charge is 0.733 e. The summed E-state index contributed by atoms with van der Waals surface area (Å²) in [6.07, 6.45) is 1.40. The van der Waals surface area contributed by atoms with Crippen molar-refractivity contribution in [3.63, 3.8) is 0 Å². The van der Waals surface area contributed by atoms with Crippen LogP contribution in [0.15, 0.2) is 70.2 Å². The van der Waals surface area contributed by atoms with E-state index in [4.69, 9.17) is 9.62 Å². The van der Waals surface area contributed by atoms with Gasteiger partial charge in [0.2, 0.25) is 0 Å². The molecule has 0 atom stereocenters. The van der Waals surface area contributed by atoms with E-state index in [9.17, 15) is 10.0 Å². The Balaban J connectivity index is 1.61. The number of amides is 1. The van der Waals surface area contributed by atoms with Crippen LogP contribution in [0, 0.1) is 12.1 Å². The minimum Gasteiger partial charge on any atom is -0.733 e. The van der Waals surface area contributed by atoms with Crippen LogP contribution in [0.25, 0.3) is 11.3 Å². The van der Waals surface area contributed by atoms with E-state index in [0.29, 0.717) is 17.1 Å². The van der Waals surface area contributed by atoms with Crippen molar-refractivity contribution in [2.45, 2.75) is 6.92 Å². The Morgan fingerprint density at radius 2 is 1.81 bits per heavy atom. The van der Waals surface area contributed by atoms with Gasteiger partial charge in [-0.3, -0.25) is 10.0 Å². The van der Waals surface area contributed by atoms with Crippen LogP contribution in [0.4, 0.5) is 5.69 Å². The molecule has 1 amide bonds. The molecule has 2 N–H and O–H groups in total. The van der Waals surface area contributed by atoms with Gasteiger partial charge < -0.3 is 14.9 Å². The number of nitrogens with zero attached hydrogens (tertiary/aromatic N) is 2. The molecule has 0 aliphatic heterocycles. The third kappa shape index (κ3) is 4.15. The van der Waals surface area contributed by atoms with Crippen LogP contribution in [-0.4, -0.2) is 17.3 Å². The van der Waals surface area contributed by atoms with Crippen LogP contribution >= 0.6 is 0 Å². The fraction of sp³-hybridized carbons (Fsp3) is 0.0526. The van der Waals surface area contributed by atoms with Crippen LogP contribution in [0.5, 0.6) is 0 Å². The fourth-order valence-corrected chi connectivity index (χ4v) is 2.25. The predicted octanol–water partition coefficient (Wildman–Crippen LogP) is 3.71. The van der Waals surface area contributed by atoms with Gasteiger partial charge in [0.05, 0.1) is 11.9 Å². The van der Waals surface area contributed by atoms with E-state index in [1.165, 1.54) is 36.0 Å². The molecule has 0 fully saturated rings. The monoisotopic (exact) mass is 350 g/mol. The van der Waals surface area contributed by atoms with E-state index in [-0.39, 0.29) is 10.9 Å². The van der Waals surface area contributed by atoms with Gasteiger partial charge >= 0.3 is 0 Å². The number of hydrogen-bond acceptors (Lipinski definition) is 6. The number of benzene rings is 2. The van der Waals surface area contributed by atoms with Gasteiger partial charge in [-0.25, -0.2) is 5.43 Å². The molecule has 0 saturated heterocycles. The summed E-state index contributed by atoms with van der Waals surface area (Å²) in [7, 11) is 0. The van der Waals surface area contributed by atoms with Gasteiger partial charge in [0, 0.05) is 11.1 Å². The number of nitrogens with one attached hydrogen (secondary N) is 1. The van der Waals surface area contributed by atoms with Crippen molar-refractivity contribution in [3.05, 3.63) is 82.8 Å². The number of aryl methyl sites for hydroxylation is 1. The summed E-state index contributed by atoms with van der Waals surface area (Å²) < 4.78 is 5.67. The zero-order chi connectivity index (χ0) is 18.5. The first-order chi connectivity index (χ1) is 12.5. The topological polar surface area (TPSA) is 101 Å². The molecule has 7 heteroatoms. The lowest BCUT2D eigenvalue weighted by Gasteiger charge is -2.21. The molecule has 1 heterocycles. The number of furan rings is 1.